The van der Waals surface area contributed by atoms with E-state index in [0.29, 0.717) is 17.5 Å². The zero-order chi connectivity index (χ0) is 23.3. The summed E-state index contributed by atoms with van der Waals surface area (Å²) in [6.07, 6.45) is 0. The van der Waals surface area contributed by atoms with Gasteiger partial charge in [-0.2, -0.15) is 0 Å². The maximum atomic E-state index is 13.0. The fourth-order valence-electron chi connectivity index (χ4n) is 2.81. The first-order valence-electron chi connectivity index (χ1n) is 9.52. The maximum absolute atomic E-state index is 13.0. The molecule has 170 valence electrons. The number of hydrogen-bond donors (Lipinski definition) is 2. The van der Waals surface area contributed by atoms with Gasteiger partial charge in [-0.25, -0.2) is 13.4 Å². The lowest BCUT2D eigenvalue weighted by Gasteiger charge is -2.16. The molecule has 3 aromatic rings. The third-order valence-electron chi connectivity index (χ3n) is 4.30. The van der Waals surface area contributed by atoms with Gasteiger partial charge in [0.2, 0.25) is 0 Å². The maximum Gasteiger partial charge on any atom is 0.261 e. The first-order chi connectivity index (χ1) is 15.3. The highest BCUT2D eigenvalue weighted by Gasteiger charge is 2.23. The van der Waals surface area contributed by atoms with Crippen molar-refractivity contribution in [3.05, 3.63) is 53.0 Å². The SMILES string of the molecule is CCOc1ccc(S(=O)(=O)Nc2cc(OC)c(OC)cc2C(=O)Nc2nc(C)cs2)cc1. The molecule has 0 bridgehead atoms. The third kappa shape index (κ3) is 5.29. The molecule has 2 N–H and O–H groups in total. The molecule has 0 fully saturated rings. The summed E-state index contributed by atoms with van der Waals surface area (Å²) in [7, 11) is -1.17. The highest BCUT2D eigenvalue weighted by atomic mass is 32.2. The second-order valence-corrected chi connectivity index (χ2v) is 9.05. The van der Waals surface area contributed by atoms with E-state index in [2.05, 4.69) is 15.0 Å². The lowest BCUT2D eigenvalue weighted by atomic mass is 10.1. The van der Waals surface area contributed by atoms with Gasteiger partial charge in [0.25, 0.3) is 15.9 Å². The van der Waals surface area contributed by atoms with Gasteiger partial charge in [-0.05, 0) is 44.2 Å². The predicted octanol–water partition coefficient (Wildman–Crippen LogP) is 3.92. The van der Waals surface area contributed by atoms with E-state index in [4.69, 9.17) is 14.2 Å². The van der Waals surface area contributed by atoms with Gasteiger partial charge in [-0.15, -0.1) is 11.3 Å². The molecule has 0 unspecified atom stereocenters. The molecule has 0 aliphatic rings. The molecule has 3 rings (SSSR count). The average Bonchev–Trinajstić information content (AvgIpc) is 3.18. The summed E-state index contributed by atoms with van der Waals surface area (Å²) in [4.78, 5) is 17.2. The molecule has 32 heavy (non-hydrogen) atoms. The van der Waals surface area contributed by atoms with E-state index in [-0.39, 0.29) is 27.6 Å². The van der Waals surface area contributed by atoms with Gasteiger partial charge in [0.15, 0.2) is 16.6 Å². The van der Waals surface area contributed by atoms with Crippen molar-refractivity contribution in [2.45, 2.75) is 18.7 Å². The van der Waals surface area contributed by atoms with E-state index in [1.54, 1.807) is 24.4 Å². The van der Waals surface area contributed by atoms with Crippen LogP contribution < -0.4 is 24.2 Å². The molecule has 0 saturated carbocycles. The summed E-state index contributed by atoms with van der Waals surface area (Å²) in [5, 5.41) is 4.86. The van der Waals surface area contributed by atoms with Crippen molar-refractivity contribution in [1.29, 1.82) is 0 Å². The number of aryl methyl sites for hydroxylation is 1. The van der Waals surface area contributed by atoms with Crippen molar-refractivity contribution in [3.8, 4) is 17.2 Å². The number of nitrogens with zero attached hydrogens (tertiary/aromatic N) is 1. The molecule has 11 heteroatoms. The summed E-state index contributed by atoms with van der Waals surface area (Å²) in [6, 6.07) is 8.77. The van der Waals surface area contributed by atoms with E-state index in [1.165, 1.54) is 49.8 Å². The number of benzene rings is 2. The number of anilines is 2. The van der Waals surface area contributed by atoms with Crippen molar-refractivity contribution in [3.63, 3.8) is 0 Å². The smallest absolute Gasteiger partial charge is 0.261 e. The van der Waals surface area contributed by atoms with Crippen molar-refractivity contribution >= 4 is 38.1 Å². The van der Waals surface area contributed by atoms with Gasteiger partial charge in [-0.1, -0.05) is 0 Å². The van der Waals surface area contributed by atoms with Crippen LogP contribution in [0.25, 0.3) is 0 Å². The van der Waals surface area contributed by atoms with Crippen molar-refractivity contribution in [2.24, 2.45) is 0 Å². The van der Waals surface area contributed by atoms with Crippen LogP contribution >= 0.6 is 11.3 Å². The molecule has 1 aromatic heterocycles. The number of carbonyl (C=O) groups is 1. The van der Waals surface area contributed by atoms with Crippen LogP contribution in [0, 0.1) is 6.92 Å². The quantitative estimate of drug-likeness (QED) is 0.480. The minimum absolute atomic E-state index is 0.0117. The topological polar surface area (TPSA) is 116 Å². The number of methoxy groups -OCH3 is 2. The van der Waals surface area contributed by atoms with E-state index >= 15 is 0 Å². The number of thiazole rings is 1. The Kier molecular flexibility index (Phi) is 7.21. The minimum atomic E-state index is -4.01. The van der Waals surface area contributed by atoms with Crippen LogP contribution in [0.5, 0.6) is 17.2 Å². The van der Waals surface area contributed by atoms with Crippen LogP contribution in [0.15, 0.2) is 46.7 Å². The monoisotopic (exact) mass is 477 g/mol. The van der Waals surface area contributed by atoms with Crippen LogP contribution in [-0.2, 0) is 10.0 Å². The second kappa shape index (κ2) is 9.88. The fraction of sp³-hybridized carbons (Fsp3) is 0.238. The summed E-state index contributed by atoms with van der Waals surface area (Å²) in [5.74, 6) is 0.539. The standard InChI is InChI=1S/C21H23N3O6S2/c1-5-30-14-6-8-15(9-7-14)32(26,27)24-17-11-19(29-4)18(28-3)10-16(17)20(25)23-21-22-13(2)12-31-21/h6-12,24H,5H2,1-4H3,(H,22,23,25). The van der Waals surface area contributed by atoms with Gasteiger partial charge in [-0.3, -0.25) is 14.8 Å². The Hall–Kier alpha value is -3.31. The Balaban J connectivity index is 1.98. The molecule has 0 radical (unpaired) electrons. The Labute approximate surface area is 190 Å². The van der Waals surface area contributed by atoms with Crippen LogP contribution in [0.2, 0.25) is 0 Å². The first kappa shape index (κ1) is 23.4. The number of sulfonamides is 1. The fourth-order valence-corrected chi connectivity index (χ4v) is 4.57. The molecule has 1 amide bonds. The van der Waals surface area contributed by atoms with Gasteiger partial charge >= 0.3 is 0 Å². The van der Waals surface area contributed by atoms with E-state index in [9.17, 15) is 13.2 Å². The van der Waals surface area contributed by atoms with E-state index in [0.717, 1.165) is 5.69 Å². The minimum Gasteiger partial charge on any atom is -0.494 e. The highest BCUT2D eigenvalue weighted by molar-refractivity contribution is 7.92. The van der Waals surface area contributed by atoms with Gasteiger partial charge < -0.3 is 14.2 Å². The molecule has 9 nitrogen and oxygen atoms in total. The summed E-state index contributed by atoms with van der Waals surface area (Å²) in [6.45, 7) is 4.11. The number of carbonyl (C=O) groups excluding carboxylic acids is 1. The zero-order valence-electron chi connectivity index (χ0n) is 18.0. The third-order valence-corrected chi connectivity index (χ3v) is 6.55. The molecule has 0 spiro atoms. The Morgan fingerprint density at radius 1 is 1.09 bits per heavy atom. The normalized spacial score (nSPS) is 11.0. The van der Waals surface area contributed by atoms with Gasteiger partial charge in [0, 0.05) is 11.4 Å². The molecule has 0 saturated heterocycles. The summed E-state index contributed by atoms with van der Waals surface area (Å²) < 4.78 is 44.4. The lowest BCUT2D eigenvalue weighted by Crippen LogP contribution is -2.19. The van der Waals surface area contributed by atoms with Crippen molar-refractivity contribution < 1.29 is 27.4 Å². The Morgan fingerprint density at radius 2 is 1.75 bits per heavy atom. The number of amides is 1. The summed E-state index contributed by atoms with van der Waals surface area (Å²) in [5.41, 5.74) is 0.835. The van der Waals surface area contributed by atoms with Gasteiger partial charge in [0.1, 0.15) is 5.75 Å². The Morgan fingerprint density at radius 3 is 2.31 bits per heavy atom. The molecular weight excluding hydrogens is 454 g/mol. The van der Waals surface area contributed by atoms with Crippen LogP contribution in [0.1, 0.15) is 23.0 Å². The van der Waals surface area contributed by atoms with Crippen LogP contribution in [-0.4, -0.2) is 40.1 Å². The van der Waals surface area contributed by atoms with E-state index < -0.39 is 15.9 Å². The first-order valence-corrected chi connectivity index (χ1v) is 11.9. The predicted molar refractivity (Wildman–Crippen MR) is 123 cm³/mol. The van der Waals surface area contributed by atoms with Crippen LogP contribution in [0.4, 0.5) is 10.8 Å². The Bertz CT molecular complexity index is 1210. The number of ether oxygens (including phenoxy) is 3. The second-order valence-electron chi connectivity index (χ2n) is 6.51. The number of nitrogens with one attached hydrogen (secondary N) is 2. The highest BCUT2D eigenvalue weighted by Crippen LogP contribution is 2.35. The van der Waals surface area contributed by atoms with Crippen molar-refractivity contribution in [1.82, 2.24) is 4.98 Å². The van der Waals surface area contributed by atoms with Gasteiger partial charge in [0.05, 0.1) is 42.7 Å². The number of rotatable bonds is 9. The molecular formula is C21H23N3O6S2. The average molecular weight is 478 g/mol. The number of hydrogen-bond acceptors (Lipinski definition) is 8. The largest absolute Gasteiger partial charge is 0.494 e. The number of aromatic nitrogens is 1. The molecule has 1 heterocycles. The molecule has 0 aliphatic carbocycles. The summed E-state index contributed by atoms with van der Waals surface area (Å²) >= 11 is 1.26. The zero-order valence-corrected chi connectivity index (χ0v) is 19.6. The van der Waals surface area contributed by atoms with Crippen LogP contribution in [0.3, 0.4) is 0 Å². The molecule has 0 atom stereocenters. The van der Waals surface area contributed by atoms with E-state index in [1.807, 2.05) is 6.92 Å². The van der Waals surface area contributed by atoms with Crippen molar-refractivity contribution in [2.75, 3.05) is 30.9 Å². The molecule has 2 aromatic carbocycles. The molecule has 0 aliphatic heterocycles. The lowest BCUT2D eigenvalue weighted by molar-refractivity contribution is 0.102.